The Bertz CT molecular complexity index is 947. The van der Waals surface area contributed by atoms with Gasteiger partial charge in [-0.2, -0.15) is 0 Å². The summed E-state index contributed by atoms with van der Waals surface area (Å²) in [5, 5.41) is 2.79. The molecule has 1 aromatic heterocycles. The number of nitrogens with zero attached hydrogens (tertiary/aromatic N) is 3. The van der Waals surface area contributed by atoms with Gasteiger partial charge in [-0.25, -0.2) is 18.4 Å². The maximum Gasteiger partial charge on any atom is 0.269 e. The van der Waals surface area contributed by atoms with Crippen molar-refractivity contribution < 1.29 is 13.2 Å². The van der Waals surface area contributed by atoms with E-state index in [1.807, 2.05) is 0 Å². The van der Waals surface area contributed by atoms with Crippen molar-refractivity contribution in [2.24, 2.45) is 0 Å². The van der Waals surface area contributed by atoms with E-state index in [9.17, 15) is 13.2 Å². The van der Waals surface area contributed by atoms with Crippen molar-refractivity contribution >= 4 is 27.3 Å². The predicted molar refractivity (Wildman–Crippen MR) is 91.3 cm³/mol. The fourth-order valence-corrected chi connectivity index (χ4v) is 3.80. The quantitative estimate of drug-likeness (QED) is 0.838. The highest BCUT2D eigenvalue weighted by atomic mass is 32.2. The summed E-state index contributed by atoms with van der Waals surface area (Å²) >= 11 is 0. The molecule has 8 heteroatoms. The second kappa shape index (κ2) is 5.72. The van der Waals surface area contributed by atoms with E-state index in [2.05, 4.69) is 15.3 Å². The Morgan fingerprint density at radius 2 is 1.88 bits per heavy atom. The van der Waals surface area contributed by atoms with Gasteiger partial charge in [0.15, 0.2) is 4.91 Å². The number of fused-ring (bicyclic) bond motifs is 1. The molecule has 0 aliphatic carbocycles. The molecule has 3 rings (SSSR count). The second-order valence-corrected chi connectivity index (χ2v) is 7.35. The predicted octanol–water partition coefficient (Wildman–Crippen LogP) is 2.01. The van der Waals surface area contributed by atoms with Gasteiger partial charge in [-0.15, -0.1) is 0 Å². The summed E-state index contributed by atoms with van der Waals surface area (Å²) in [7, 11) is -2.49. The molecule has 24 heavy (non-hydrogen) atoms. The number of sulfonamides is 1. The van der Waals surface area contributed by atoms with Gasteiger partial charge in [-0.05, 0) is 26.0 Å². The Morgan fingerprint density at radius 3 is 2.58 bits per heavy atom. The van der Waals surface area contributed by atoms with Crippen LogP contribution in [-0.2, 0) is 10.0 Å². The average Bonchev–Trinajstić information content (AvgIpc) is 2.52. The maximum absolute atomic E-state index is 12.6. The highest BCUT2D eigenvalue weighted by Crippen LogP contribution is 2.33. The number of anilines is 2. The third-order valence-corrected chi connectivity index (χ3v) is 5.44. The zero-order valence-electron chi connectivity index (χ0n) is 13.4. The number of carbonyl (C=O) groups is 1. The zero-order valence-corrected chi connectivity index (χ0v) is 14.3. The van der Waals surface area contributed by atoms with Crippen LogP contribution in [0.15, 0.2) is 41.4 Å². The Labute approximate surface area is 140 Å². The Hall–Kier alpha value is -2.74. The van der Waals surface area contributed by atoms with Gasteiger partial charge in [-0.3, -0.25) is 9.10 Å². The van der Waals surface area contributed by atoms with Crippen LogP contribution in [0.25, 0.3) is 0 Å². The maximum atomic E-state index is 12.6. The number of Topliss-reactive ketones (excluding diaryl/α,β-unsaturated/α-hetero) is 1. The molecule has 0 unspecified atom stereocenters. The number of rotatable bonds is 2. The Balaban J connectivity index is 2.05. The van der Waals surface area contributed by atoms with E-state index in [4.69, 9.17) is 0 Å². The van der Waals surface area contributed by atoms with Gasteiger partial charge >= 0.3 is 0 Å². The first-order valence-corrected chi connectivity index (χ1v) is 8.66. The molecule has 124 valence electrons. The molecule has 0 spiro atoms. The van der Waals surface area contributed by atoms with Crippen molar-refractivity contribution in [2.75, 3.05) is 16.7 Å². The summed E-state index contributed by atoms with van der Waals surface area (Å²) < 4.78 is 26.3. The van der Waals surface area contributed by atoms with E-state index in [1.165, 1.54) is 13.2 Å². The monoisotopic (exact) mass is 344 g/mol. The van der Waals surface area contributed by atoms with Crippen molar-refractivity contribution in [3.63, 3.8) is 0 Å². The Kier molecular flexibility index (Phi) is 3.84. The SMILES string of the molecule is Cc1cc(N/C=C2\C(=O)c3ccccc3N(C)S2(=O)=O)nc(C)n1. The number of hydrogen-bond acceptors (Lipinski definition) is 6. The van der Waals surface area contributed by atoms with E-state index in [0.717, 1.165) is 10.00 Å². The number of aromatic nitrogens is 2. The van der Waals surface area contributed by atoms with E-state index < -0.39 is 15.8 Å². The Morgan fingerprint density at radius 1 is 1.17 bits per heavy atom. The number of hydrogen-bond donors (Lipinski definition) is 1. The zero-order chi connectivity index (χ0) is 17.5. The van der Waals surface area contributed by atoms with Crippen molar-refractivity contribution in [3.05, 3.63) is 58.5 Å². The first-order valence-electron chi connectivity index (χ1n) is 7.22. The molecule has 0 bridgehead atoms. The third kappa shape index (κ3) is 2.65. The molecule has 0 saturated carbocycles. The van der Waals surface area contributed by atoms with Crippen LogP contribution in [0.3, 0.4) is 0 Å². The molecule has 2 aromatic rings. The van der Waals surface area contributed by atoms with Crippen molar-refractivity contribution in [1.29, 1.82) is 0 Å². The summed E-state index contributed by atoms with van der Waals surface area (Å²) in [4.78, 5) is 20.6. The smallest absolute Gasteiger partial charge is 0.269 e. The first-order chi connectivity index (χ1) is 11.3. The highest BCUT2D eigenvalue weighted by Gasteiger charge is 2.37. The lowest BCUT2D eigenvalue weighted by atomic mass is 10.1. The number of benzene rings is 1. The first kappa shape index (κ1) is 16.1. The van der Waals surface area contributed by atoms with Gasteiger partial charge in [0.1, 0.15) is 11.6 Å². The minimum atomic E-state index is -3.92. The lowest BCUT2D eigenvalue weighted by Crippen LogP contribution is -2.36. The van der Waals surface area contributed by atoms with Crippen molar-refractivity contribution in [1.82, 2.24) is 9.97 Å². The van der Waals surface area contributed by atoms with Crippen LogP contribution in [0.1, 0.15) is 21.9 Å². The minimum Gasteiger partial charge on any atom is -0.345 e. The van der Waals surface area contributed by atoms with Gasteiger partial charge in [0.25, 0.3) is 10.0 Å². The summed E-state index contributed by atoms with van der Waals surface area (Å²) in [6.45, 7) is 3.54. The van der Waals surface area contributed by atoms with Crippen molar-refractivity contribution in [3.8, 4) is 0 Å². The van der Waals surface area contributed by atoms with Crippen LogP contribution in [0.2, 0.25) is 0 Å². The van der Waals surface area contributed by atoms with Crippen LogP contribution >= 0.6 is 0 Å². The lowest BCUT2D eigenvalue weighted by molar-refractivity contribution is 0.104. The minimum absolute atomic E-state index is 0.322. The number of allylic oxidation sites excluding steroid dienone is 1. The van der Waals surface area contributed by atoms with Crippen LogP contribution < -0.4 is 9.62 Å². The molecule has 7 nitrogen and oxygen atoms in total. The highest BCUT2D eigenvalue weighted by molar-refractivity contribution is 7.97. The molecule has 1 aliphatic rings. The molecular formula is C16H16N4O3S. The van der Waals surface area contributed by atoms with Crippen LogP contribution in [0.5, 0.6) is 0 Å². The number of ketones is 1. The fourth-order valence-electron chi connectivity index (χ4n) is 2.54. The molecule has 0 atom stereocenters. The van der Waals surface area contributed by atoms with E-state index >= 15 is 0 Å². The molecule has 0 amide bonds. The number of para-hydroxylation sites is 1. The standard InChI is InChI=1S/C16H16N4O3S/c1-10-8-15(19-11(2)18-10)17-9-14-16(21)12-6-4-5-7-13(12)20(3)24(14,22)23/h4-9H,1-3H3,(H,17,18,19)/b14-9+. The van der Waals surface area contributed by atoms with Crippen LogP contribution in [-0.4, -0.2) is 31.2 Å². The summed E-state index contributed by atoms with van der Waals surface area (Å²) in [6, 6.07) is 8.27. The van der Waals surface area contributed by atoms with E-state index in [0.29, 0.717) is 22.9 Å². The third-order valence-electron chi connectivity index (χ3n) is 3.67. The largest absolute Gasteiger partial charge is 0.345 e. The van der Waals surface area contributed by atoms with E-state index in [-0.39, 0.29) is 4.91 Å². The molecule has 1 aromatic carbocycles. The number of carbonyl (C=O) groups excluding carboxylic acids is 1. The van der Waals surface area contributed by atoms with Gasteiger partial charge in [0.05, 0.1) is 5.69 Å². The van der Waals surface area contributed by atoms with Gasteiger partial charge in [0.2, 0.25) is 5.78 Å². The molecule has 2 heterocycles. The average molecular weight is 344 g/mol. The molecule has 1 aliphatic heterocycles. The molecular weight excluding hydrogens is 328 g/mol. The summed E-state index contributed by atoms with van der Waals surface area (Å²) in [5.41, 5.74) is 1.45. The van der Waals surface area contributed by atoms with Gasteiger partial charge in [-0.1, -0.05) is 12.1 Å². The van der Waals surface area contributed by atoms with E-state index in [1.54, 1.807) is 44.2 Å². The van der Waals surface area contributed by atoms with Crippen LogP contribution in [0.4, 0.5) is 11.5 Å². The molecule has 0 saturated heterocycles. The second-order valence-electron chi connectivity index (χ2n) is 5.41. The molecule has 0 fully saturated rings. The topological polar surface area (TPSA) is 92.3 Å². The number of aryl methyl sites for hydroxylation is 2. The lowest BCUT2D eigenvalue weighted by Gasteiger charge is -2.27. The molecule has 1 N–H and O–H groups in total. The summed E-state index contributed by atoms with van der Waals surface area (Å²) in [5.74, 6) is 0.437. The van der Waals surface area contributed by atoms with Crippen molar-refractivity contribution in [2.45, 2.75) is 13.8 Å². The van der Waals surface area contributed by atoms with Gasteiger partial charge in [0, 0.05) is 30.6 Å². The fraction of sp³-hybridized carbons (Fsp3) is 0.188. The normalized spacial score (nSPS) is 17.7. The summed E-state index contributed by atoms with van der Waals surface area (Å²) in [6.07, 6.45) is 1.19. The van der Waals surface area contributed by atoms with Crippen LogP contribution in [0, 0.1) is 13.8 Å². The number of nitrogens with one attached hydrogen (secondary N) is 1. The molecule has 0 radical (unpaired) electrons. The van der Waals surface area contributed by atoms with Gasteiger partial charge < -0.3 is 5.32 Å².